The fourth-order valence-electron chi connectivity index (χ4n) is 2.44. The molecule has 0 amide bonds. The largest absolute Gasteiger partial charge is 0.356 e. The number of pyridine rings is 1. The van der Waals surface area contributed by atoms with Crippen molar-refractivity contribution in [2.75, 3.05) is 6.54 Å². The molecule has 1 aromatic heterocycles. The molecule has 1 aromatic rings. The number of aromatic nitrogens is 1. The lowest BCUT2D eigenvalue weighted by molar-refractivity contribution is 0.123. The molecular formula is C16H25N3. The first-order valence-corrected chi connectivity index (χ1v) is 7.07. The average molecular weight is 259 g/mol. The van der Waals surface area contributed by atoms with Gasteiger partial charge in [0.2, 0.25) is 0 Å². The SMILES string of the molecule is CC(C)CC1=CN(Cc2cccnc2)C(C)(C)NC1. The molecule has 0 saturated carbocycles. The van der Waals surface area contributed by atoms with E-state index in [0.717, 1.165) is 19.5 Å². The van der Waals surface area contributed by atoms with Crippen molar-refractivity contribution in [2.45, 2.75) is 46.3 Å². The molecule has 0 saturated heterocycles. The fraction of sp³-hybridized carbons (Fsp3) is 0.562. The van der Waals surface area contributed by atoms with Gasteiger partial charge in [-0.2, -0.15) is 0 Å². The Hall–Kier alpha value is -1.35. The third-order valence-corrected chi connectivity index (χ3v) is 3.55. The highest BCUT2D eigenvalue weighted by Crippen LogP contribution is 2.23. The van der Waals surface area contributed by atoms with Crippen molar-refractivity contribution < 1.29 is 0 Å². The minimum absolute atomic E-state index is 0.00365. The Morgan fingerprint density at radius 3 is 2.84 bits per heavy atom. The first-order chi connectivity index (χ1) is 8.97. The van der Waals surface area contributed by atoms with Crippen LogP contribution in [0, 0.1) is 5.92 Å². The van der Waals surface area contributed by atoms with Gasteiger partial charge in [0.1, 0.15) is 0 Å². The number of nitrogens with one attached hydrogen (secondary N) is 1. The summed E-state index contributed by atoms with van der Waals surface area (Å²) in [6.07, 6.45) is 7.26. The highest BCUT2D eigenvalue weighted by atomic mass is 15.3. The van der Waals surface area contributed by atoms with Crippen molar-refractivity contribution in [1.82, 2.24) is 15.2 Å². The third-order valence-electron chi connectivity index (χ3n) is 3.55. The van der Waals surface area contributed by atoms with E-state index in [-0.39, 0.29) is 5.66 Å². The Kier molecular flexibility index (Phi) is 4.25. The van der Waals surface area contributed by atoms with Crippen LogP contribution in [0.15, 0.2) is 36.3 Å². The molecule has 3 nitrogen and oxygen atoms in total. The van der Waals surface area contributed by atoms with Crippen LogP contribution < -0.4 is 5.32 Å². The Bertz CT molecular complexity index is 435. The van der Waals surface area contributed by atoms with Gasteiger partial charge in [-0.25, -0.2) is 0 Å². The highest BCUT2D eigenvalue weighted by molar-refractivity contribution is 5.15. The first kappa shape index (κ1) is 14.1. The fourth-order valence-corrected chi connectivity index (χ4v) is 2.44. The van der Waals surface area contributed by atoms with Gasteiger partial charge in [-0.15, -0.1) is 0 Å². The molecule has 19 heavy (non-hydrogen) atoms. The van der Waals surface area contributed by atoms with Crippen molar-refractivity contribution in [3.63, 3.8) is 0 Å². The molecule has 2 heterocycles. The van der Waals surface area contributed by atoms with Crippen LogP contribution >= 0.6 is 0 Å². The zero-order valence-corrected chi connectivity index (χ0v) is 12.5. The molecule has 0 atom stereocenters. The predicted octanol–water partition coefficient (Wildman–Crippen LogP) is 3.15. The summed E-state index contributed by atoms with van der Waals surface area (Å²) in [4.78, 5) is 6.58. The van der Waals surface area contributed by atoms with E-state index in [2.05, 4.69) is 55.2 Å². The van der Waals surface area contributed by atoms with Crippen LogP contribution in [0.1, 0.15) is 39.7 Å². The van der Waals surface area contributed by atoms with Gasteiger partial charge in [0, 0.05) is 31.7 Å². The smallest absolute Gasteiger partial charge is 0.0851 e. The highest BCUT2D eigenvalue weighted by Gasteiger charge is 2.28. The zero-order valence-electron chi connectivity index (χ0n) is 12.5. The number of rotatable bonds is 4. The van der Waals surface area contributed by atoms with Crippen molar-refractivity contribution in [3.05, 3.63) is 41.9 Å². The van der Waals surface area contributed by atoms with Gasteiger partial charge in [0.15, 0.2) is 0 Å². The number of hydrogen-bond donors (Lipinski definition) is 1. The molecule has 1 aliphatic rings. The summed E-state index contributed by atoms with van der Waals surface area (Å²) < 4.78 is 0. The predicted molar refractivity (Wildman–Crippen MR) is 79.4 cm³/mol. The topological polar surface area (TPSA) is 28.2 Å². The molecule has 0 aliphatic carbocycles. The molecule has 0 spiro atoms. The van der Waals surface area contributed by atoms with Crippen LogP contribution in [0.2, 0.25) is 0 Å². The van der Waals surface area contributed by atoms with Crippen LogP contribution in [0.4, 0.5) is 0 Å². The zero-order chi connectivity index (χ0) is 13.9. The summed E-state index contributed by atoms with van der Waals surface area (Å²) in [6, 6.07) is 4.13. The quantitative estimate of drug-likeness (QED) is 0.900. The molecule has 1 N–H and O–H groups in total. The summed E-state index contributed by atoms with van der Waals surface area (Å²) in [5.74, 6) is 0.703. The van der Waals surface area contributed by atoms with Gasteiger partial charge in [-0.1, -0.05) is 19.9 Å². The molecule has 0 aromatic carbocycles. The van der Waals surface area contributed by atoms with Crippen LogP contribution in [0.3, 0.4) is 0 Å². The molecule has 3 heteroatoms. The Balaban J connectivity index is 2.14. The first-order valence-electron chi connectivity index (χ1n) is 7.07. The van der Waals surface area contributed by atoms with E-state index in [1.807, 2.05) is 18.5 Å². The van der Waals surface area contributed by atoms with E-state index in [0.29, 0.717) is 5.92 Å². The van der Waals surface area contributed by atoms with Gasteiger partial charge in [-0.05, 0) is 43.4 Å². The van der Waals surface area contributed by atoms with Crippen LogP contribution in [-0.2, 0) is 6.54 Å². The molecule has 0 bridgehead atoms. The van der Waals surface area contributed by atoms with E-state index in [4.69, 9.17) is 0 Å². The van der Waals surface area contributed by atoms with Crippen LogP contribution in [0.25, 0.3) is 0 Å². The maximum atomic E-state index is 4.20. The maximum Gasteiger partial charge on any atom is 0.0851 e. The van der Waals surface area contributed by atoms with E-state index in [1.54, 1.807) is 0 Å². The van der Waals surface area contributed by atoms with Crippen molar-refractivity contribution in [3.8, 4) is 0 Å². The lowest BCUT2D eigenvalue weighted by Crippen LogP contribution is -2.55. The molecule has 0 unspecified atom stereocenters. The van der Waals surface area contributed by atoms with Crippen molar-refractivity contribution in [1.29, 1.82) is 0 Å². The standard InChI is InChI=1S/C16H25N3/c1-13(2)8-15-10-18-16(3,4)19(12-15)11-14-6-5-7-17-9-14/h5-7,9,12-13,18H,8,10-11H2,1-4H3. The summed E-state index contributed by atoms with van der Waals surface area (Å²) in [5.41, 5.74) is 2.73. The molecule has 0 fully saturated rings. The Morgan fingerprint density at radius 1 is 1.42 bits per heavy atom. The average Bonchev–Trinajstić information content (AvgIpc) is 2.34. The van der Waals surface area contributed by atoms with Crippen molar-refractivity contribution in [2.24, 2.45) is 5.92 Å². The molecule has 104 valence electrons. The van der Waals surface area contributed by atoms with E-state index < -0.39 is 0 Å². The second-order valence-corrected chi connectivity index (χ2v) is 6.29. The Labute approximate surface area is 116 Å². The van der Waals surface area contributed by atoms with Gasteiger partial charge in [0.25, 0.3) is 0 Å². The molecule has 2 rings (SSSR count). The van der Waals surface area contributed by atoms with E-state index in [1.165, 1.54) is 11.1 Å². The lowest BCUT2D eigenvalue weighted by atomic mass is 9.99. The second kappa shape index (κ2) is 5.74. The van der Waals surface area contributed by atoms with Gasteiger partial charge < -0.3 is 4.90 Å². The minimum Gasteiger partial charge on any atom is -0.356 e. The third kappa shape index (κ3) is 3.80. The second-order valence-electron chi connectivity index (χ2n) is 6.29. The summed E-state index contributed by atoms with van der Waals surface area (Å²) in [5, 5.41) is 3.62. The minimum atomic E-state index is -0.00365. The van der Waals surface area contributed by atoms with Crippen LogP contribution in [-0.4, -0.2) is 22.1 Å². The normalized spacial score (nSPS) is 18.6. The summed E-state index contributed by atoms with van der Waals surface area (Å²) in [7, 11) is 0. The van der Waals surface area contributed by atoms with Gasteiger partial charge in [0.05, 0.1) is 5.66 Å². The van der Waals surface area contributed by atoms with Crippen molar-refractivity contribution >= 4 is 0 Å². The number of nitrogens with zero attached hydrogens (tertiary/aromatic N) is 2. The Morgan fingerprint density at radius 2 is 2.21 bits per heavy atom. The molecule has 0 radical (unpaired) electrons. The van der Waals surface area contributed by atoms with E-state index in [9.17, 15) is 0 Å². The van der Waals surface area contributed by atoms with Gasteiger partial charge >= 0.3 is 0 Å². The molecular weight excluding hydrogens is 234 g/mol. The maximum absolute atomic E-state index is 4.20. The van der Waals surface area contributed by atoms with Gasteiger partial charge in [-0.3, -0.25) is 10.3 Å². The molecule has 1 aliphatic heterocycles. The summed E-state index contributed by atoms with van der Waals surface area (Å²) in [6.45, 7) is 10.9. The van der Waals surface area contributed by atoms with E-state index >= 15 is 0 Å². The number of hydrogen-bond acceptors (Lipinski definition) is 3. The van der Waals surface area contributed by atoms with Crippen LogP contribution in [0.5, 0.6) is 0 Å². The lowest BCUT2D eigenvalue weighted by Gasteiger charge is -2.43. The summed E-state index contributed by atoms with van der Waals surface area (Å²) >= 11 is 0. The monoisotopic (exact) mass is 259 g/mol.